The Morgan fingerprint density at radius 1 is 1.14 bits per heavy atom. The Morgan fingerprint density at radius 2 is 1.86 bits per heavy atom. The SMILES string of the molecule is CN(Cc1ncc[nH]1)C(=O)CN(C)C(=O)c1ccccc1. The van der Waals surface area contributed by atoms with Crippen LogP contribution in [0.1, 0.15) is 16.2 Å². The van der Waals surface area contributed by atoms with Gasteiger partial charge < -0.3 is 14.8 Å². The van der Waals surface area contributed by atoms with Crippen LogP contribution in [0, 0.1) is 0 Å². The summed E-state index contributed by atoms with van der Waals surface area (Å²) in [6, 6.07) is 8.91. The lowest BCUT2D eigenvalue weighted by molar-refractivity contribution is -0.131. The number of amides is 2. The number of benzene rings is 1. The Labute approximate surface area is 123 Å². The van der Waals surface area contributed by atoms with E-state index in [0.717, 1.165) is 0 Å². The zero-order chi connectivity index (χ0) is 15.2. The third-order valence-corrected chi connectivity index (χ3v) is 3.11. The number of aromatic amines is 1. The van der Waals surface area contributed by atoms with Crippen molar-refractivity contribution in [1.82, 2.24) is 19.8 Å². The molecule has 1 N–H and O–H groups in total. The maximum absolute atomic E-state index is 12.2. The predicted octanol–water partition coefficient (Wildman–Crippen LogP) is 1.14. The minimum absolute atomic E-state index is 0.0327. The Morgan fingerprint density at radius 3 is 2.48 bits per heavy atom. The smallest absolute Gasteiger partial charge is 0.254 e. The molecule has 0 bridgehead atoms. The van der Waals surface area contributed by atoms with Gasteiger partial charge in [-0.25, -0.2) is 4.98 Å². The molecule has 0 saturated heterocycles. The number of H-pyrrole nitrogens is 1. The number of nitrogens with one attached hydrogen (secondary N) is 1. The van der Waals surface area contributed by atoms with Gasteiger partial charge in [0.25, 0.3) is 5.91 Å². The Balaban J connectivity index is 1.91. The molecule has 0 aliphatic rings. The normalized spacial score (nSPS) is 10.2. The van der Waals surface area contributed by atoms with Crippen LogP contribution in [0.2, 0.25) is 0 Å². The Hall–Kier alpha value is -2.63. The lowest BCUT2D eigenvalue weighted by Crippen LogP contribution is -2.39. The molecule has 2 rings (SSSR count). The van der Waals surface area contributed by atoms with Crippen LogP contribution < -0.4 is 0 Å². The third kappa shape index (κ3) is 3.92. The number of aromatic nitrogens is 2. The van der Waals surface area contributed by atoms with E-state index in [9.17, 15) is 9.59 Å². The van der Waals surface area contributed by atoms with E-state index in [2.05, 4.69) is 9.97 Å². The molecule has 0 fully saturated rings. The molecule has 0 aliphatic heterocycles. The first-order chi connectivity index (χ1) is 10.1. The van der Waals surface area contributed by atoms with Crippen LogP contribution in [-0.4, -0.2) is 52.2 Å². The predicted molar refractivity (Wildman–Crippen MR) is 78.5 cm³/mol. The summed E-state index contributed by atoms with van der Waals surface area (Å²) < 4.78 is 0. The number of imidazole rings is 1. The summed E-state index contributed by atoms with van der Waals surface area (Å²) in [5, 5.41) is 0. The van der Waals surface area contributed by atoms with Gasteiger partial charge in [0.2, 0.25) is 5.91 Å². The lowest BCUT2D eigenvalue weighted by Gasteiger charge is -2.21. The van der Waals surface area contributed by atoms with Crippen molar-refractivity contribution < 1.29 is 9.59 Å². The number of likely N-dealkylation sites (N-methyl/N-ethyl adjacent to an activating group) is 2. The highest BCUT2D eigenvalue weighted by molar-refractivity contribution is 5.96. The maximum atomic E-state index is 12.2. The average molecular weight is 286 g/mol. The number of nitrogens with zero attached hydrogens (tertiary/aromatic N) is 3. The van der Waals surface area contributed by atoms with Crippen molar-refractivity contribution >= 4 is 11.8 Å². The first-order valence-electron chi connectivity index (χ1n) is 6.60. The fourth-order valence-corrected chi connectivity index (χ4v) is 1.89. The second kappa shape index (κ2) is 6.69. The summed E-state index contributed by atoms with van der Waals surface area (Å²) >= 11 is 0. The van der Waals surface area contributed by atoms with Crippen LogP contribution in [0.4, 0.5) is 0 Å². The molecule has 0 radical (unpaired) electrons. The molecular weight excluding hydrogens is 268 g/mol. The van der Waals surface area contributed by atoms with E-state index in [4.69, 9.17) is 0 Å². The minimum Gasteiger partial charge on any atom is -0.347 e. The monoisotopic (exact) mass is 286 g/mol. The zero-order valence-electron chi connectivity index (χ0n) is 12.1. The summed E-state index contributed by atoms with van der Waals surface area (Å²) in [4.78, 5) is 34.2. The van der Waals surface area contributed by atoms with Crippen molar-refractivity contribution in [2.75, 3.05) is 20.6 Å². The molecule has 2 aromatic rings. The topological polar surface area (TPSA) is 69.3 Å². The largest absolute Gasteiger partial charge is 0.347 e. The van der Waals surface area contributed by atoms with E-state index in [1.807, 2.05) is 6.07 Å². The van der Waals surface area contributed by atoms with Gasteiger partial charge in [-0.15, -0.1) is 0 Å². The van der Waals surface area contributed by atoms with Gasteiger partial charge in [-0.2, -0.15) is 0 Å². The van der Waals surface area contributed by atoms with E-state index in [1.54, 1.807) is 50.8 Å². The van der Waals surface area contributed by atoms with Gasteiger partial charge in [-0.3, -0.25) is 9.59 Å². The number of hydrogen-bond donors (Lipinski definition) is 1. The molecule has 1 aromatic heterocycles. The van der Waals surface area contributed by atoms with Gasteiger partial charge in [-0.1, -0.05) is 18.2 Å². The second-order valence-electron chi connectivity index (χ2n) is 4.81. The van der Waals surface area contributed by atoms with Crippen LogP contribution in [0.15, 0.2) is 42.7 Å². The van der Waals surface area contributed by atoms with Crippen molar-refractivity contribution in [3.8, 4) is 0 Å². The molecule has 0 aliphatic carbocycles. The van der Waals surface area contributed by atoms with Crippen molar-refractivity contribution in [2.24, 2.45) is 0 Å². The standard InChI is InChI=1S/C15H18N4O2/c1-18(10-13-16-8-9-17-13)14(20)11-19(2)15(21)12-6-4-3-5-7-12/h3-9H,10-11H2,1-2H3,(H,16,17). The van der Waals surface area contributed by atoms with Gasteiger partial charge in [0.15, 0.2) is 0 Å². The van der Waals surface area contributed by atoms with Crippen molar-refractivity contribution in [3.63, 3.8) is 0 Å². The van der Waals surface area contributed by atoms with Gasteiger partial charge in [0.1, 0.15) is 5.82 Å². The van der Waals surface area contributed by atoms with Gasteiger partial charge in [-0.05, 0) is 12.1 Å². The molecular formula is C15H18N4O2. The highest BCUT2D eigenvalue weighted by atomic mass is 16.2. The van der Waals surface area contributed by atoms with Gasteiger partial charge in [0.05, 0.1) is 13.1 Å². The van der Waals surface area contributed by atoms with Crippen molar-refractivity contribution in [3.05, 3.63) is 54.1 Å². The second-order valence-corrected chi connectivity index (χ2v) is 4.81. The summed E-state index contributed by atoms with van der Waals surface area (Å²) in [5.41, 5.74) is 0.571. The Bertz CT molecular complexity index is 595. The van der Waals surface area contributed by atoms with Gasteiger partial charge >= 0.3 is 0 Å². The number of carbonyl (C=O) groups excluding carboxylic acids is 2. The molecule has 2 amide bonds. The molecule has 0 atom stereocenters. The van der Waals surface area contributed by atoms with Crippen LogP contribution in [0.25, 0.3) is 0 Å². The highest BCUT2D eigenvalue weighted by Crippen LogP contribution is 2.04. The zero-order valence-corrected chi connectivity index (χ0v) is 12.1. The molecule has 110 valence electrons. The van der Waals surface area contributed by atoms with Gasteiger partial charge in [0, 0.05) is 32.1 Å². The number of carbonyl (C=O) groups is 2. The lowest BCUT2D eigenvalue weighted by atomic mass is 10.2. The molecule has 0 spiro atoms. The first-order valence-corrected chi connectivity index (χ1v) is 6.60. The fourth-order valence-electron chi connectivity index (χ4n) is 1.89. The van der Waals surface area contributed by atoms with Crippen molar-refractivity contribution in [2.45, 2.75) is 6.54 Å². The van der Waals surface area contributed by atoms with Crippen molar-refractivity contribution in [1.29, 1.82) is 0 Å². The highest BCUT2D eigenvalue weighted by Gasteiger charge is 2.17. The third-order valence-electron chi connectivity index (χ3n) is 3.11. The molecule has 1 aromatic carbocycles. The van der Waals surface area contributed by atoms with Crippen LogP contribution in [0.5, 0.6) is 0 Å². The fraction of sp³-hybridized carbons (Fsp3) is 0.267. The van der Waals surface area contributed by atoms with E-state index in [1.165, 1.54) is 9.80 Å². The number of rotatable bonds is 5. The molecule has 0 unspecified atom stereocenters. The maximum Gasteiger partial charge on any atom is 0.254 e. The molecule has 21 heavy (non-hydrogen) atoms. The molecule has 0 saturated carbocycles. The quantitative estimate of drug-likeness (QED) is 0.896. The van der Waals surface area contributed by atoms with E-state index in [-0.39, 0.29) is 18.4 Å². The summed E-state index contributed by atoms with van der Waals surface area (Å²) in [7, 11) is 3.31. The minimum atomic E-state index is -0.171. The van der Waals surface area contributed by atoms with E-state index in [0.29, 0.717) is 17.9 Å². The average Bonchev–Trinajstić information content (AvgIpc) is 3.00. The van der Waals surface area contributed by atoms with Crippen LogP contribution >= 0.6 is 0 Å². The van der Waals surface area contributed by atoms with E-state index < -0.39 is 0 Å². The summed E-state index contributed by atoms with van der Waals surface area (Å²) in [5.74, 6) is 0.399. The summed E-state index contributed by atoms with van der Waals surface area (Å²) in [6.45, 7) is 0.421. The van der Waals surface area contributed by atoms with Crippen LogP contribution in [-0.2, 0) is 11.3 Å². The molecule has 1 heterocycles. The van der Waals surface area contributed by atoms with Crippen LogP contribution in [0.3, 0.4) is 0 Å². The van der Waals surface area contributed by atoms with E-state index >= 15 is 0 Å². The first kappa shape index (κ1) is 14.8. The number of hydrogen-bond acceptors (Lipinski definition) is 3. The Kier molecular flexibility index (Phi) is 4.71. The molecule has 6 nitrogen and oxygen atoms in total. The summed E-state index contributed by atoms with van der Waals surface area (Å²) in [6.07, 6.45) is 3.34. The molecule has 6 heteroatoms.